The van der Waals surface area contributed by atoms with E-state index in [2.05, 4.69) is 5.43 Å². The monoisotopic (exact) mass is 159 g/mol. The summed E-state index contributed by atoms with van der Waals surface area (Å²) in [5, 5.41) is 0. The van der Waals surface area contributed by atoms with Crippen molar-refractivity contribution in [3.05, 3.63) is 0 Å². The summed E-state index contributed by atoms with van der Waals surface area (Å²) in [5.41, 5.74) is 8.01. The minimum Gasteiger partial charge on any atom is -0.330 e. The minimum atomic E-state index is 0.838. The molecule has 0 rings (SSSR count). The van der Waals surface area contributed by atoms with E-state index in [4.69, 9.17) is 11.6 Å². The molecule has 3 nitrogen and oxygen atoms in total. The van der Waals surface area contributed by atoms with Gasteiger partial charge < -0.3 is 5.73 Å². The number of rotatable bonds is 8. The lowest BCUT2D eigenvalue weighted by Gasteiger charge is -1.99. The predicted molar refractivity (Wildman–Crippen MR) is 48.9 cm³/mol. The van der Waals surface area contributed by atoms with E-state index >= 15 is 0 Å². The van der Waals surface area contributed by atoms with Crippen LogP contribution in [0.25, 0.3) is 0 Å². The number of hydrogen-bond donors (Lipinski definition) is 3. The molecular weight excluding hydrogens is 138 g/mol. The third-order valence-corrected chi connectivity index (χ3v) is 1.78. The highest BCUT2D eigenvalue weighted by Crippen LogP contribution is 2.03. The number of nitrogens with one attached hydrogen (secondary N) is 1. The molecule has 0 aromatic heterocycles. The van der Waals surface area contributed by atoms with E-state index in [1.54, 1.807) is 0 Å². The summed E-state index contributed by atoms with van der Waals surface area (Å²) >= 11 is 0. The van der Waals surface area contributed by atoms with Crippen LogP contribution in [0.3, 0.4) is 0 Å². The fourth-order valence-electron chi connectivity index (χ4n) is 1.08. The van der Waals surface area contributed by atoms with Crippen molar-refractivity contribution in [3.63, 3.8) is 0 Å². The quantitative estimate of drug-likeness (QED) is 0.278. The van der Waals surface area contributed by atoms with Gasteiger partial charge in [-0.15, -0.1) is 0 Å². The standard InChI is InChI=1S/C8H21N3/c9-7-5-3-1-2-4-6-8-11-10/h11H,1-10H2. The second-order valence-corrected chi connectivity index (χ2v) is 2.86. The number of nitrogens with two attached hydrogens (primary N) is 2. The topological polar surface area (TPSA) is 64.1 Å². The van der Waals surface area contributed by atoms with E-state index in [9.17, 15) is 0 Å². The van der Waals surface area contributed by atoms with Crippen molar-refractivity contribution in [1.82, 2.24) is 5.43 Å². The molecule has 68 valence electrons. The Kier molecular flexibility index (Phi) is 9.77. The van der Waals surface area contributed by atoms with Gasteiger partial charge in [0.05, 0.1) is 0 Å². The number of hydrazine groups is 1. The van der Waals surface area contributed by atoms with Crippen molar-refractivity contribution in [2.45, 2.75) is 38.5 Å². The molecule has 11 heavy (non-hydrogen) atoms. The van der Waals surface area contributed by atoms with Crippen LogP contribution in [0.5, 0.6) is 0 Å². The van der Waals surface area contributed by atoms with Crippen LogP contribution in [0.2, 0.25) is 0 Å². The van der Waals surface area contributed by atoms with Crippen molar-refractivity contribution >= 4 is 0 Å². The van der Waals surface area contributed by atoms with Gasteiger partial charge in [-0.1, -0.05) is 25.7 Å². The van der Waals surface area contributed by atoms with Crippen LogP contribution in [-0.4, -0.2) is 13.1 Å². The first-order valence-corrected chi connectivity index (χ1v) is 4.55. The Bertz CT molecular complexity index is 58.4. The zero-order chi connectivity index (χ0) is 8.36. The van der Waals surface area contributed by atoms with Gasteiger partial charge in [-0.3, -0.25) is 11.3 Å². The summed E-state index contributed by atoms with van der Waals surface area (Å²) in [5.74, 6) is 5.12. The van der Waals surface area contributed by atoms with E-state index in [1.807, 2.05) is 0 Å². The second kappa shape index (κ2) is 9.88. The maximum Gasteiger partial charge on any atom is 0.00974 e. The molecule has 0 spiro atoms. The van der Waals surface area contributed by atoms with Gasteiger partial charge in [-0.05, 0) is 19.4 Å². The molecule has 0 aliphatic carbocycles. The first kappa shape index (κ1) is 10.9. The molecule has 0 fully saturated rings. The Labute approximate surface area is 69.5 Å². The molecule has 0 aliphatic rings. The lowest BCUT2D eigenvalue weighted by atomic mass is 10.1. The zero-order valence-corrected chi connectivity index (χ0v) is 7.31. The number of hydrogen-bond acceptors (Lipinski definition) is 3. The molecule has 0 aromatic rings. The highest BCUT2D eigenvalue weighted by Gasteiger charge is 1.88. The third-order valence-electron chi connectivity index (χ3n) is 1.78. The van der Waals surface area contributed by atoms with Gasteiger partial charge in [0.15, 0.2) is 0 Å². The highest BCUT2D eigenvalue weighted by molar-refractivity contribution is 4.46. The molecule has 0 unspecified atom stereocenters. The van der Waals surface area contributed by atoms with Gasteiger partial charge in [0, 0.05) is 6.54 Å². The Morgan fingerprint density at radius 1 is 0.818 bits per heavy atom. The van der Waals surface area contributed by atoms with E-state index in [0.717, 1.165) is 13.1 Å². The van der Waals surface area contributed by atoms with Crippen LogP contribution in [0.4, 0.5) is 0 Å². The third kappa shape index (κ3) is 9.88. The van der Waals surface area contributed by atoms with Crippen LogP contribution in [-0.2, 0) is 0 Å². The van der Waals surface area contributed by atoms with Gasteiger partial charge in [0.1, 0.15) is 0 Å². The van der Waals surface area contributed by atoms with Crippen molar-refractivity contribution in [1.29, 1.82) is 0 Å². The zero-order valence-electron chi connectivity index (χ0n) is 7.31. The van der Waals surface area contributed by atoms with Crippen LogP contribution >= 0.6 is 0 Å². The molecule has 0 heterocycles. The first-order chi connectivity index (χ1) is 5.41. The molecule has 0 radical (unpaired) electrons. The average molecular weight is 159 g/mol. The Morgan fingerprint density at radius 3 is 1.91 bits per heavy atom. The SMILES string of the molecule is NCCCCCCCCNN. The maximum atomic E-state index is 5.36. The molecule has 0 saturated carbocycles. The number of unbranched alkanes of at least 4 members (excludes halogenated alkanes) is 5. The van der Waals surface area contributed by atoms with Gasteiger partial charge >= 0.3 is 0 Å². The summed E-state index contributed by atoms with van der Waals surface area (Å²) in [7, 11) is 0. The molecule has 0 aliphatic heterocycles. The van der Waals surface area contributed by atoms with Crippen LogP contribution in [0.1, 0.15) is 38.5 Å². The molecular formula is C8H21N3. The maximum absolute atomic E-state index is 5.36. The fraction of sp³-hybridized carbons (Fsp3) is 1.00. The van der Waals surface area contributed by atoms with Gasteiger partial charge in [-0.25, -0.2) is 0 Å². The lowest BCUT2D eigenvalue weighted by Crippen LogP contribution is -2.22. The Balaban J connectivity index is 2.69. The molecule has 0 aromatic carbocycles. The lowest BCUT2D eigenvalue weighted by molar-refractivity contribution is 0.575. The van der Waals surface area contributed by atoms with Crippen LogP contribution in [0, 0.1) is 0 Å². The van der Waals surface area contributed by atoms with E-state index in [0.29, 0.717) is 0 Å². The van der Waals surface area contributed by atoms with Gasteiger partial charge in [0.25, 0.3) is 0 Å². The summed E-state index contributed by atoms with van der Waals surface area (Å²) in [6.07, 6.45) is 7.58. The summed E-state index contributed by atoms with van der Waals surface area (Å²) in [6, 6.07) is 0. The average Bonchev–Trinajstić information content (AvgIpc) is 2.03. The summed E-state index contributed by atoms with van der Waals surface area (Å²) < 4.78 is 0. The van der Waals surface area contributed by atoms with Gasteiger partial charge in [0.2, 0.25) is 0 Å². The Hall–Kier alpha value is -0.120. The van der Waals surface area contributed by atoms with E-state index in [1.165, 1.54) is 38.5 Å². The smallest absolute Gasteiger partial charge is 0.00974 e. The molecule has 0 saturated heterocycles. The molecule has 0 bridgehead atoms. The normalized spacial score (nSPS) is 10.4. The van der Waals surface area contributed by atoms with Crippen LogP contribution in [0.15, 0.2) is 0 Å². The molecule has 5 N–H and O–H groups in total. The summed E-state index contributed by atoms with van der Waals surface area (Å²) in [6.45, 7) is 1.78. The second-order valence-electron chi connectivity index (χ2n) is 2.86. The highest BCUT2D eigenvalue weighted by atomic mass is 15.2. The molecule has 0 atom stereocenters. The molecule has 0 amide bonds. The van der Waals surface area contributed by atoms with Crippen molar-refractivity contribution in [3.8, 4) is 0 Å². The van der Waals surface area contributed by atoms with Crippen LogP contribution < -0.4 is 17.0 Å². The van der Waals surface area contributed by atoms with E-state index in [-0.39, 0.29) is 0 Å². The predicted octanol–water partition coefficient (Wildman–Crippen LogP) is 0.749. The van der Waals surface area contributed by atoms with E-state index < -0.39 is 0 Å². The first-order valence-electron chi connectivity index (χ1n) is 4.55. The fourth-order valence-corrected chi connectivity index (χ4v) is 1.08. The molecule has 3 heteroatoms. The van der Waals surface area contributed by atoms with Crippen molar-refractivity contribution in [2.75, 3.05) is 13.1 Å². The minimum absolute atomic E-state index is 0.838. The van der Waals surface area contributed by atoms with Gasteiger partial charge in [-0.2, -0.15) is 0 Å². The van der Waals surface area contributed by atoms with Crippen molar-refractivity contribution < 1.29 is 0 Å². The summed E-state index contributed by atoms with van der Waals surface area (Å²) in [4.78, 5) is 0. The largest absolute Gasteiger partial charge is 0.330 e. The van der Waals surface area contributed by atoms with Crippen molar-refractivity contribution in [2.24, 2.45) is 11.6 Å². The Morgan fingerprint density at radius 2 is 1.36 bits per heavy atom.